The van der Waals surface area contributed by atoms with Gasteiger partial charge >= 0.3 is 0 Å². The Morgan fingerprint density at radius 3 is 2.33 bits per heavy atom. The predicted octanol–water partition coefficient (Wildman–Crippen LogP) is -0.855. The fourth-order valence-electron chi connectivity index (χ4n) is 1.05. The van der Waals surface area contributed by atoms with Gasteiger partial charge in [-0.25, -0.2) is 8.42 Å². The number of carbonyl (C=O) groups excluding carboxylic acids is 1. The number of amides is 1. The van der Waals surface area contributed by atoms with Crippen LogP contribution in [-0.4, -0.2) is 45.0 Å². The molecule has 88 valence electrons. The lowest BCUT2D eigenvalue weighted by molar-refractivity contribution is -0.126. The first kappa shape index (κ1) is 12.4. The van der Waals surface area contributed by atoms with E-state index in [9.17, 15) is 13.2 Å². The molecule has 0 atom stereocenters. The summed E-state index contributed by atoms with van der Waals surface area (Å²) in [6.45, 7) is 4.76. The first-order chi connectivity index (χ1) is 6.74. The topological polar surface area (TPSA) is 75.3 Å². The van der Waals surface area contributed by atoms with E-state index in [2.05, 4.69) is 10.6 Å². The molecule has 1 amide bonds. The molecule has 0 aromatic rings. The highest BCUT2D eigenvalue weighted by Crippen LogP contribution is 2.14. The normalized spacial score (nSPS) is 18.3. The molecule has 0 spiro atoms. The van der Waals surface area contributed by atoms with Crippen LogP contribution in [0.25, 0.3) is 0 Å². The lowest BCUT2D eigenvalue weighted by Gasteiger charge is -2.28. The van der Waals surface area contributed by atoms with Crippen LogP contribution in [0.3, 0.4) is 0 Å². The number of hydrogen-bond acceptors (Lipinski definition) is 4. The molecule has 1 saturated heterocycles. The van der Waals surface area contributed by atoms with Gasteiger partial charge in [0.1, 0.15) is 0 Å². The van der Waals surface area contributed by atoms with Crippen LogP contribution in [0.4, 0.5) is 0 Å². The lowest BCUT2D eigenvalue weighted by atomic mass is 10.0. The van der Waals surface area contributed by atoms with Crippen molar-refractivity contribution >= 4 is 15.7 Å². The summed E-state index contributed by atoms with van der Waals surface area (Å²) in [5.41, 5.74) is 0. The van der Waals surface area contributed by atoms with Gasteiger partial charge in [-0.15, -0.1) is 0 Å². The summed E-state index contributed by atoms with van der Waals surface area (Å²) in [5.74, 6) is -0.0640. The first-order valence-corrected chi connectivity index (χ1v) is 6.81. The van der Waals surface area contributed by atoms with Crippen LogP contribution in [0, 0.1) is 5.92 Å². The van der Waals surface area contributed by atoms with Crippen molar-refractivity contribution in [2.45, 2.75) is 18.6 Å². The molecule has 0 unspecified atom stereocenters. The van der Waals surface area contributed by atoms with Gasteiger partial charge in [-0.05, 0) is 13.8 Å². The van der Waals surface area contributed by atoms with E-state index >= 15 is 0 Å². The standard InChI is InChI=1S/C9H18N2O3S/c1-9(2,15(3,13)14)6-11-8(12)7-4-10-5-7/h7,10H,4-6H2,1-3H3,(H,11,12). The molecule has 2 N–H and O–H groups in total. The fourth-order valence-corrected chi connectivity index (χ4v) is 1.38. The molecule has 6 heteroatoms. The summed E-state index contributed by atoms with van der Waals surface area (Å²) >= 11 is 0. The highest BCUT2D eigenvalue weighted by atomic mass is 32.2. The lowest BCUT2D eigenvalue weighted by Crippen LogP contribution is -2.53. The van der Waals surface area contributed by atoms with Crippen molar-refractivity contribution in [1.29, 1.82) is 0 Å². The molecule has 1 aliphatic rings. The predicted molar refractivity (Wildman–Crippen MR) is 58.3 cm³/mol. The minimum atomic E-state index is -3.14. The minimum Gasteiger partial charge on any atom is -0.354 e. The number of rotatable bonds is 4. The fraction of sp³-hybridized carbons (Fsp3) is 0.889. The summed E-state index contributed by atoms with van der Waals surface area (Å²) in [6.07, 6.45) is 1.18. The van der Waals surface area contributed by atoms with Crippen molar-refractivity contribution in [1.82, 2.24) is 10.6 Å². The summed E-state index contributed by atoms with van der Waals surface area (Å²) < 4.78 is 21.8. The Labute approximate surface area is 90.5 Å². The van der Waals surface area contributed by atoms with Gasteiger partial charge in [0.2, 0.25) is 5.91 Å². The average Bonchev–Trinajstić information content (AvgIpc) is 1.95. The number of nitrogens with one attached hydrogen (secondary N) is 2. The third kappa shape index (κ3) is 2.92. The van der Waals surface area contributed by atoms with E-state index in [4.69, 9.17) is 0 Å². The summed E-state index contributed by atoms with van der Waals surface area (Å²) in [5, 5.41) is 5.66. The Bertz CT molecular complexity index is 344. The number of sulfone groups is 1. The number of hydrogen-bond donors (Lipinski definition) is 2. The summed E-state index contributed by atoms with van der Waals surface area (Å²) in [7, 11) is -3.14. The second-order valence-corrected chi connectivity index (χ2v) is 7.25. The summed E-state index contributed by atoms with van der Waals surface area (Å²) in [4.78, 5) is 11.5. The van der Waals surface area contributed by atoms with Crippen molar-refractivity contribution < 1.29 is 13.2 Å². The smallest absolute Gasteiger partial charge is 0.225 e. The van der Waals surface area contributed by atoms with Crippen LogP contribution >= 0.6 is 0 Å². The van der Waals surface area contributed by atoms with Crippen LogP contribution in [0.5, 0.6) is 0 Å². The Hall–Kier alpha value is -0.620. The van der Waals surface area contributed by atoms with Crippen LogP contribution < -0.4 is 10.6 Å². The molecular formula is C9H18N2O3S. The van der Waals surface area contributed by atoms with Crippen LogP contribution in [0.1, 0.15) is 13.8 Å². The van der Waals surface area contributed by atoms with Crippen molar-refractivity contribution in [2.75, 3.05) is 25.9 Å². The molecule has 0 bridgehead atoms. The van der Waals surface area contributed by atoms with Gasteiger partial charge in [0.25, 0.3) is 0 Å². The molecule has 1 heterocycles. The molecule has 0 saturated carbocycles. The molecule has 1 fully saturated rings. The quantitative estimate of drug-likeness (QED) is 0.664. The maximum absolute atomic E-state index is 11.5. The summed E-state index contributed by atoms with van der Waals surface area (Å²) in [6, 6.07) is 0. The average molecular weight is 234 g/mol. The molecule has 15 heavy (non-hydrogen) atoms. The minimum absolute atomic E-state index is 0.000334. The molecule has 0 aromatic heterocycles. The zero-order valence-corrected chi connectivity index (χ0v) is 10.1. The maximum Gasteiger partial charge on any atom is 0.225 e. The highest BCUT2D eigenvalue weighted by molar-refractivity contribution is 7.92. The zero-order valence-electron chi connectivity index (χ0n) is 9.33. The van der Waals surface area contributed by atoms with Gasteiger partial charge in [-0.2, -0.15) is 0 Å². The zero-order chi connectivity index (χ0) is 11.7. The van der Waals surface area contributed by atoms with Crippen molar-refractivity contribution in [3.05, 3.63) is 0 Å². The molecule has 5 nitrogen and oxygen atoms in total. The molecule has 0 radical (unpaired) electrons. The van der Waals surface area contributed by atoms with Gasteiger partial charge in [0, 0.05) is 25.9 Å². The Balaban J connectivity index is 2.45. The molecule has 1 rings (SSSR count). The number of carbonyl (C=O) groups is 1. The first-order valence-electron chi connectivity index (χ1n) is 4.92. The maximum atomic E-state index is 11.5. The second-order valence-electron chi connectivity index (χ2n) is 4.60. The third-order valence-corrected chi connectivity index (χ3v) is 5.00. The van der Waals surface area contributed by atoms with Gasteiger partial charge in [-0.1, -0.05) is 0 Å². The Morgan fingerprint density at radius 1 is 1.47 bits per heavy atom. The van der Waals surface area contributed by atoms with Crippen molar-refractivity contribution in [3.63, 3.8) is 0 Å². The van der Waals surface area contributed by atoms with E-state index in [-0.39, 0.29) is 18.4 Å². The van der Waals surface area contributed by atoms with Crippen molar-refractivity contribution in [2.24, 2.45) is 5.92 Å². The van der Waals surface area contributed by atoms with Gasteiger partial charge in [-0.3, -0.25) is 4.79 Å². The monoisotopic (exact) mass is 234 g/mol. The van der Waals surface area contributed by atoms with E-state index in [1.165, 1.54) is 6.26 Å². The third-order valence-electron chi connectivity index (χ3n) is 2.84. The molecule has 1 aliphatic heterocycles. The van der Waals surface area contributed by atoms with E-state index in [1.54, 1.807) is 13.8 Å². The Morgan fingerprint density at radius 2 is 2.00 bits per heavy atom. The highest BCUT2D eigenvalue weighted by Gasteiger charge is 2.32. The van der Waals surface area contributed by atoms with Gasteiger partial charge in [0.15, 0.2) is 9.84 Å². The van der Waals surface area contributed by atoms with Gasteiger partial charge in [0.05, 0.1) is 10.7 Å². The molecule has 0 aromatic carbocycles. The van der Waals surface area contributed by atoms with E-state index in [0.717, 1.165) is 0 Å². The van der Waals surface area contributed by atoms with Crippen LogP contribution in [-0.2, 0) is 14.6 Å². The van der Waals surface area contributed by atoms with Crippen molar-refractivity contribution in [3.8, 4) is 0 Å². The molecule has 0 aliphatic carbocycles. The van der Waals surface area contributed by atoms with E-state index < -0.39 is 14.6 Å². The van der Waals surface area contributed by atoms with Gasteiger partial charge < -0.3 is 10.6 Å². The van der Waals surface area contributed by atoms with Crippen LogP contribution in [0.2, 0.25) is 0 Å². The second kappa shape index (κ2) is 4.09. The van der Waals surface area contributed by atoms with E-state index in [0.29, 0.717) is 13.1 Å². The van der Waals surface area contributed by atoms with E-state index in [1.807, 2.05) is 0 Å². The largest absolute Gasteiger partial charge is 0.354 e. The Kier molecular flexibility index (Phi) is 3.40. The molecular weight excluding hydrogens is 216 g/mol. The SMILES string of the molecule is CC(C)(CNC(=O)C1CNC1)S(C)(=O)=O. The van der Waals surface area contributed by atoms with Crippen LogP contribution in [0.15, 0.2) is 0 Å².